The summed E-state index contributed by atoms with van der Waals surface area (Å²) >= 11 is 1.82. The molecule has 1 aromatic heterocycles. The van der Waals surface area contributed by atoms with Crippen molar-refractivity contribution >= 4 is 36.2 Å². The largest absolute Gasteiger partial charge is 0.314 e. The van der Waals surface area contributed by atoms with Crippen molar-refractivity contribution in [1.29, 1.82) is 0 Å². The van der Waals surface area contributed by atoms with Gasteiger partial charge in [-0.3, -0.25) is 4.90 Å². The predicted molar refractivity (Wildman–Crippen MR) is 97.3 cm³/mol. The monoisotopic (exact) mass is 353 g/mol. The fourth-order valence-electron chi connectivity index (χ4n) is 2.53. The number of nitrogens with one attached hydrogen (secondary N) is 1. The molecule has 1 atom stereocenters. The minimum atomic E-state index is 0. The third-order valence-electron chi connectivity index (χ3n) is 3.75. The highest BCUT2D eigenvalue weighted by molar-refractivity contribution is 7.09. The van der Waals surface area contributed by atoms with Gasteiger partial charge in [-0.15, -0.1) is 36.2 Å². The van der Waals surface area contributed by atoms with Gasteiger partial charge in [0.1, 0.15) is 5.01 Å². The second-order valence-corrected chi connectivity index (χ2v) is 7.44. The molecular formula is C15H29Cl2N3S. The maximum atomic E-state index is 4.83. The zero-order valence-electron chi connectivity index (χ0n) is 13.5. The van der Waals surface area contributed by atoms with Gasteiger partial charge in [-0.2, -0.15) is 0 Å². The van der Waals surface area contributed by atoms with E-state index in [1.807, 2.05) is 11.3 Å². The lowest BCUT2D eigenvalue weighted by Gasteiger charge is -2.35. The standard InChI is InChI=1S/C15H27N3S.2ClH/c1-5-6-12-9-16-7-8-18(12)10-14-17-13(11-19-14)15(2,3)4;;/h11-12,16H,5-10H2,1-4H3;2*1H. The molecule has 0 aliphatic carbocycles. The first-order valence-electron chi connectivity index (χ1n) is 7.40. The highest BCUT2D eigenvalue weighted by atomic mass is 35.5. The van der Waals surface area contributed by atoms with Gasteiger partial charge in [-0.25, -0.2) is 4.98 Å². The van der Waals surface area contributed by atoms with Crippen molar-refractivity contribution in [2.45, 2.75) is 58.5 Å². The van der Waals surface area contributed by atoms with E-state index in [1.165, 1.54) is 23.5 Å². The van der Waals surface area contributed by atoms with Gasteiger partial charge in [-0.05, 0) is 6.42 Å². The molecule has 1 aliphatic heterocycles. The molecule has 21 heavy (non-hydrogen) atoms. The van der Waals surface area contributed by atoms with E-state index in [1.54, 1.807) is 0 Å². The molecule has 1 aliphatic rings. The molecular weight excluding hydrogens is 325 g/mol. The molecule has 0 amide bonds. The Morgan fingerprint density at radius 1 is 1.38 bits per heavy atom. The van der Waals surface area contributed by atoms with Crippen molar-refractivity contribution in [2.24, 2.45) is 0 Å². The van der Waals surface area contributed by atoms with E-state index in [2.05, 4.69) is 43.3 Å². The van der Waals surface area contributed by atoms with Crippen LogP contribution in [0.5, 0.6) is 0 Å². The normalized spacial score (nSPS) is 19.7. The number of piperazine rings is 1. The van der Waals surface area contributed by atoms with E-state index >= 15 is 0 Å². The van der Waals surface area contributed by atoms with Crippen molar-refractivity contribution in [3.63, 3.8) is 0 Å². The number of hydrogen-bond acceptors (Lipinski definition) is 4. The van der Waals surface area contributed by atoms with Crippen LogP contribution in [-0.2, 0) is 12.0 Å². The zero-order chi connectivity index (χ0) is 13.9. The summed E-state index contributed by atoms with van der Waals surface area (Å²) < 4.78 is 0. The molecule has 3 nitrogen and oxygen atoms in total. The maximum Gasteiger partial charge on any atom is 0.107 e. The van der Waals surface area contributed by atoms with Gasteiger partial charge in [0, 0.05) is 36.5 Å². The second kappa shape index (κ2) is 9.31. The molecule has 0 spiro atoms. The Labute approximate surface area is 145 Å². The van der Waals surface area contributed by atoms with Crippen molar-refractivity contribution in [2.75, 3.05) is 19.6 Å². The van der Waals surface area contributed by atoms with Crippen LogP contribution >= 0.6 is 36.2 Å². The Morgan fingerprint density at radius 3 is 2.67 bits per heavy atom. The van der Waals surface area contributed by atoms with E-state index in [-0.39, 0.29) is 30.2 Å². The smallest absolute Gasteiger partial charge is 0.107 e. The van der Waals surface area contributed by atoms with E-state index in [0.717, 1.165) is 26.2 Å². The Morgan fingerprint density at radius 2 is 2.10 bits per heavy atom. The third-order valence-corrected chi connectivity index (χ3v) is 4.59. The zero-order valence-corrected chi connectivity index (χ0v) is 16.0. The van der Waals surface area contributed by atoms with Gasteiger partial charge >= 0.3 is 0 Å². The molecule has 0 aromatic carbocycles. The highest BCUT2D eigenvalue weighted by Crippen LogP contribution is 2.25. The van der Waals surface area contributed by atoms with E-state index in [4.69, 9.17) is 4.98 Å². The number of aromatic nitrogens is 1. The SMILES string of the molecule is CCCC1CNCCN1Cc1nc(C(C)(C)C)cs1.Cl.Cl. The maximum absolute atomic E-state index is 4.83. The van der Waals surface area contributed by atoms with Crippen molar-refractivity contribution < 1.29 is 0 Å². The quantitative estimate of drug-likeness (QED) is 0.890. The molecule has 1 unspecified atom stereocenters. The van der Waals surface area contributed by atoms with Gasteiger partial charge in [0.05, 0.1) is 12.2 Å². The summed E-state index contributed by atoms with van der Waals surface area (Å²) in [6, 6.07) is 0.681. The topological polar surface area (TPSA) is 28.2 Å². The molecule has 6 heteroatoms. The van der Waals surface area contributed by atoms with Gasteiger partial charge in [0.25, 0.3) is 0 Å². The Kier molecular flexibility index (Phi) is 9.37. The molecule has 0 radical (unpaired) electrons. The number of thiazole rings is 1. The second-order valence-electron chi connectivity index (χ2n) is 6.49. The summed E-state index contributed by atoms with van der Waals surface area (Å²) in [7, 11) is 0. The molecule has 124 valence electrons. The lowest BCUT2D eigenvalue weighted by Crippen LogP contribution is -2.50. The molecule has 0 saturated carbocycles. The lowest BCUT2D eigenvalue weighted by molar-refractivity contribution is 0.144. The van der Waals surface area contributed by atoms with Crippen LogP contribution in [0, 0.1) is 0 Å². The fourth-order valence-corrected chi connectivity index (χ4v) is 3.58. The lowest BCUT2D eigenvalue weighted by atomic mass is 9.93. The van der Waals surface area contributed by atoms with Crippen LogP contribution in [0.3, 0.4) is 0 Å². The molecule has 1 fully saturated rings. The minimum Gasteiger partial charge on any atom is -0.314 e. The average molecular weight is 354 g/mol. The van der Waals surface area contributed by atoms with E-state index < -0.39 is 0 Å². The summed E-state index contributed by atoms with van der Waals surface area (Å²) in [6.07, 6.45) is 2.54. The Balaban J connectivity index is 0.00000200. The summed E-state index contributed by atoms with van der Waals surface area (Å²) in [5.41, 5.74) is 1.40. The van der Waals surface area contributed by atoms with Crippen LogP contribution in [0.25, 0.3) is 0 Å². The van der Waals surface area contributed by atoms with Gasteiger partial charge < -0.3 is 5.32 Å². The Bertz CT molecular complexity index is 402. The number of halogens is 2. The van der Waals surface area contributed by atoms with Crippen molar-refractivity contribution in [3.05, 3.63) is 16.1 Å². The molecule has 1 N–H and O–H groups in total. The first kappa shape index (κ1) is 21.1. The summed E-state index contributed by atoms with van der Waals surface area (Å²) in [5, 5.41) is 7.01. The van der Waals surface area contributed by atoms with Crippen LogP contribution in [0.2, 0.25) is 0 Å². The fraction of sp³-hybridized carbons (Fsp3) is 0.800. The van der Waals surface area contributed by atoms with E-state index in [0.29, 0.717) is 6.04 Å². The summed E-state index contributed by atoms with van der Waals surface area (Å²) in [5.74, 6) is 0. The van der Waals surface area contributed by atoms with Crippen LogP contribution in [0.4, 0.5) is 0 Å². The van der Waals surface area contributed by atoms with Crippen LogP contribution < -0.4 is 5.32 Å². The molecule has 2 heterocycles. The molecule has 2 rings (SSSR count). The Hall–Kier alpha value is 0.130. The molecule has 1 aromatic rings. The first-order valence-corrected chi connectivity index (χ1v) is 8.28. The summed E-state index contributed by atoms with van der Waals surface area (Å²) in [6.45, 7) is 13.4. The van der Waals surface area contributed by atoms with Gasteiger partial charge in [0.2, 0.25) is 0 Å². The number of hydrogen-bond donors (Lipinski definition) is 1. The van der Waals surface area contributed by atoms with Crippen LogP contribution in [0.1, 0.15) is 51.2 Å². The average Bonchev–Trinajstić information content (AvgIpc) is 2.80. The number of nitrogens with zero attached hydrogens (tertiary/aromatic N) is 2. The highest BCUT2D eigenvalue weighted by Gasteiger charge is 2.23. The van der Waals surface area contributed by atoms with Gasteiger partial charge in [-0.1, -0.05) is 34.1 Å². The molecule has 0 bridgehead atoms. The van der Waals surface area contributed by atoms with Crippen molar-refractivity contribution in [3.8, 4) is 0 Å². The molecule has 1 saturated heterocycles. The van der Waals surface area contributed by atoms with Gasteiger partial charge in [0.15, 0.2) is 0 Å². The number of rotatable bonds is 4. The third kappa shape index (κ3) is 6.03. The van der Waals surface area contributed by atoms with E-state index in [9.17, 15) is 0 Å². The minimum absolute atomic E-state index is 0. The predicted octanol–water partition coefficient (Wildman–Crippen LogP) is 3.86. The first-order chi connectivity index (χ1) is 9.00. The summed E-state index contributed by atoms with van der Waals surface area (Å²) in [4.78, 5) is 7.43. The van der Waals surface area contributed by atoms with Crippen LogP contribution in [0.15, 0.2) is 5.38 Å². The van der Waals surface area contributed by atoms with Crippen LogP contribution in [-0.4, -0.2) is 35.6 Å². The van der Waals surface area contributed by atoms with Crippen molar-refractivity contribution in [1.82, 2.24) is 15.2 Å².